The summed E-state index contributed by atoms with van der Waals surface area (Å²) in [6.07, 6.45) is 5.10. The van der Waals surface area contributed by atoms with Gasteiger partial charge >= 0.3 is 0 Å². The van der Waals surface area contributed by atoms with Gasteiger partial charge in [-0.1, -0.05) is 12.1 Å². The summed E-state index contributed by atoms with van der Waals surface area (Å²) < 4.78 is 0. The molecule has 0 saturated carbocycles. The lowest BCUT2D eigenvalue weighted by Gasteiger charge is -2.34. The fourth-order valence-corrected chi connectivity index (χ4v) is 3.74. The SMILES string of the molecule is O=C(Cc1cccc(O)c1)N1CCCC1C1CCCNC1. The van der Waals surface area contributed by atoms with Gasteiger partial charge in [-0.25, -0.2) is 0 Å². The third-order valence-electron chi connectivity index (χ3n) is 4.76. The largest absolute Gasteiger partial charge is 0.508 e. The first-order chi connectivity index (χ1) is 10.2. The van der Waals surface area contributed by atoms with Crippen molar-refractivity contribution in [3.05, 3.63) is 29.8 Å². The summed E-state index contributed by atoms with van der Waals surface area (Å²) in [7, 11) is 0. The minimum Gasteiger partial charge on any atom is -0.508 e. The Balaban J connectivity index is 1.65. The van der Waals surface area contributed by atoms with E-state index in [2.05, 4.69) is 10.2 Å². The van der Waals surface area contributed by atoms with E-state index in [4.69, 9.17) is 0 Å². The standard InChI is InChI=1S/C17H24N2O2/c20-15-6-1-4-13(10-15)11-17(21)19-9-3-7-16(19)14-5-2-8-18-12-14/h1,4,6,10,14,16,18,20H,2-3,5,7-9,11-12H2. The topological polar surface area (TPSA) is 52.6 Å². The maximum Gasteiger partial charge on any atom is 0.227 e. The zero-order valence-electron chi connectivity index (χ0n) is 12.4. The van der Waals surface area contributed by atoms with Crippen LogP contribution in [0.25, 0.3) is 0 Å². The van der Waals surface area contributed by atoms with Crippen LogP contribution in [0.3, 0.4) is 0 Å². The van der Waals surface area contributed by atoms with E-state index in [1.54, 1.807) is 18.2 Å². The van der Waals surface area contributed by atoms with Gasteiger partial charge in [-0.2, -0.15) is 0 Å². The quantitative estimate of drug-likeness (QED) is 0.893. The Hall–Kier alpha value is -1.55. The normalized spacial score (nSPS) is 26.0. The van der Waals surface area contributed by atoms with Crippen molar-refractivity contribution in [2.75, 3.05) is 19.6 Å². The lowest BCUT2D eigenvalue weighted by atomic mass is 9.90. The number of rotatable bonds is 3. The van der Waals surface area contributed by atoms with Gasteiger partial charge < -0.3 is 15.3 Å². The molecular formula is C17H24N2O2. The molecule has 2 aliphatic rings. The van der Waals surface area contributed by atoms with E-state index >= 15 is 0 Å². The van der Waals surface area contributed by atoms with Crippen LogP contribution in [0.2, 0.25) is 0 Å². The van der Waals surface area contributed by atoms with Crippen LogP contribution in [0.5, 0.6) is 5.75 Å². The summed E-state index contributed by atoms with van der Waals surface area (Å²) in [6.45, 7) is 3.04. The third-order valence-corrected chi connectivity index (χ3v) is 4.76. The number of hydrogen-bond donors (Lipinski definition) is 2. The molecule has 4 heteroatoms. The fraction of sp³-hybridized carbons (Fsp3) is 0.588. The van der Waals surface area contributed by atoms with Gasteiger partial charge in [0, 0.05) is 12.6 Å². The van der Waals surface area contributed by atoms with E-state index in [0.717, 1.165) is 38.0 Å². The molecule has 0 radical (unpaired) electrons. The van der Waals surface area contributed by atoms with Crippen LogP contribution in [0.15, 0.2) is 24.3 Å². The maximum absolute atomic E-state index is 12.6. The predicted molar refractivity (Wildman–Crippen MR) is 82.1 cm³/mol. The summed E-state index contributed by atoms with van der Waals surface area (Å²) in [6, 6.07) is 7.43. The minimum atomic E-state index is 0.202. The van der Waals surface area contributed by atoms with Crippen LogP contribution in [0.4, 0.5) is 0 Å². The molecule has 2 unspecified atom stereocenters. The number of likely N-dealkylation sites (tertiary alicyclic amines) is 1. The van der Waals surface area contributed by atoms with Crippen LogP contribution in [-0.4, -0.2) is 41.6 Å². The van der Waals surface area contributed by atoms with Gasteiger partial charge in [-0.3, -0.25) is 4.79 Å². The van der Waals surface area contributed by atoms with E-state index in [1.165, 1.54) is 12.8 Å². The van der Waals surface area contributed by atoms with E-state index in [0.29, 0.717) is 18.4 Å². The number of piperidine rings is 1. The Morgan fingerprint density at radius 2 is 2.24 bits per heavy atom. The van der Waals surface area contributed by atoms with Crippen molar-refractivity contribution < 1.29 is 9.90 Å². The highest BCUT2D eigenvalue weighted by Crippen LogP contribution is 2.29. The van der Waals surface area contributed by atoms with Crippen LogP contribution in [-0.2, 0) is 11.2 Å². The Morgan fingerprint density at radius 1 is 1.33 bits per heavy atom. The molecule has 2 N–H and O–H groups in total. The van der Waals surface area contributed by atoms with Crippen LogP contribution < -0.4 is 5.32 Å². The number of phenols is 1. The van der Waals surface area contributed by atoms with Crippen molar-refractivity contribution in [3.63, 3.8) is 0 Å². The maximum atomic E-state index is 12.6. The monoisotopic (exact) mass is 288 g/mol. The Morgan fingerprint density at radius 3 is 3.00 bits per heavy atom. The number of nitrogens with one attached hydrogen (secondary N) is 1. The minimum absolute atomic E-state index is 0.202. The number of hydrogen-bond acceptors (Lipinski definition) is 3. The van der Waals surface area contributed by atoms with E-state index in [-0.39, 0.29) is 11.7 Å². The molecule has 1 amide bonds. The molecule has 1 aromatic carbocycles. The second kappa shape index (κ2) is 6.48. The number of phenolic OH excluding ortho intramolecular Hbond substituents is 1. The molecule has 3 rings (SSSR count). The van der Waals surface area contributed by atoms with E-state index < -0.39 is 0 Å². The average Bonchev–Trinajstić information content (AvgIpc) is 2.98. The summed E-state index contributed by atoms with van der Waals surface area (Å²) in [5.41, 5.74) is 0.896. The number of amides is 1. The lowest BCUT2D eigenvalue weighted by Crippen LogP contribution is -2.46. The highest BCUT2D eigenvalue weighted by Gasteiger charge is 2.34. The molecule has 1 aromatic rings. The first-order valence-corrected chi connectivity index (χ1v) is 8.02. The van der Waals surface area contributed by atoms with E-state index in [1.807, 2.05) is 6.07 Å². The summed E-state index contributed by atoms with van der Waals surface area (Å²) >= 11 is 0. The molecule has 0 spiro atoms. The zero-order valence-corrected chi connectivity index (χ0v) is 12.4. The van der Waals surface area contributed by atoms with Gasteiger partial charge in [-0.05, 0) is 62.4 Å². The fourth-order valence-electron chi connectivity index (χ4n) is 3.74. The van der Waals surface area contributed by atoms with Gasteiger partial charge in [0.05, 0.1) is 6.42 Å². The average molecular weight is 288 g/mol. The number of nitrogens with zero attached hydrogens (tertiary/aromatic N) is 1. The van der Waals surface area contributed by atoms with Crippen molar-refractivity contribution in [3.8, 4) is 5.75 Å². The van der Waals surface area contributed by atoms with Crippen LogP contribution >= 0.6 is 0 Å². The first kappa shape index (κ1) is 14.4. The Labute approximate surface area is 126 Å². The molecular weight excluding hydrogens is 264 g/mol. The van der Waals surface area contributed by atoms with Crippen molar-refractivity contribution >= 4 is 5.91 Å². The molecule has 2 aliphatic heterocycles. The van der Waals surface area contributed by atoms with Crippen LogP contribution in [0.1, 0.15) is 31.2 Å². The molecule has 2 fully saturated rings. The smallest absolute Gasteiger partial charge is 0.227 e. The first-order valence-electron chi connectivity index (χ1n) is 8.02. The lowest BCUT2D eigenvalue weighted by molar-refractivity contribution is -0.132. The molecule has 4 nitrogen and oxygen atoms in total. The van der Waals surface area contributed by atoms with Crippen molar-refractivity contribution in [2.24, 2.45) is 5.92 Å². The van der Waals surface area contributed by atoms with Crippen molar-refractivity contribution in [1.82, 2.24) is 10.2 Å². The summed E-state index contributed by atoms with van der Waals surface area (Å²) in [5.74, 6) is 1.04. The van der Waals surface area contributed by atoms with Crippen molar-refractivity contribution in [2.45, 2.75) is 38.1 Å². The summed E-state index contributed by atoms with van der Waals surface area (Å²) in [5, 5.41) is 13.0. The molecule has 21 heavy (non-hydrogen) atoms. The van der Waals surface area contributed by atoms with Gasteiger partial charge in [0.25, 0.3) is 0 Å². The highest BCUT2D eigenvalue weighted by molar-refractivity contribution is 5.79. The van der Waals surface area contributed by atoms with Gasteiger partial charge in [-0.15, -0.1) is 0 Å². The molecule has 0 aromatic heterocycles. The highest BCUT2D eigenvalue weighted by atomic mass is 16.3. The van der Waals surface area contributed by atoms with Crippen molar-refractivity contribution in [1.29, 1.82) is 0 Å². The molecule has 2 heterocycles. The second-order valence-electron chi connectivity index (χ2n) is 6.25. The van der Waals surface area contributed by atoms with Crippen LogP contribution in [0, 0.1) is 5.92 Å². The molecule has 114 valence electrons. The van der Waals surface area contributed by atoms with Gasteiger partial charge in [0.15, 0.2) is 0 Å². The van der Waals surface area contributed by atoms with Gasteiger partial charge in [0.1, 0.15) is 5.75 Å². The number of aromatic hydroxyl groups is 1. The summed E-state index contributed by atoms with van der Waals surface area (Å²) in [4.78, 5) is 14.7. The van der Waals surface area contributed by atoms with Gasteiger partial charge in [0.2, 0.25) is 5.91 Å². The second-order valence-corrected chi connectivity index (χ2v) is 6.25. The number of carbonyl (C=O) groups excluding carboxylic acids is 1. The predicted octanol–water partition coefficient (Wildman–Crippen LogP) is 1.93. The molecule has 0 bridgehead atoms. The number of carbonyl (C=O) groups is 1. The third kappa shape index (κ3) is 3.38. The molecule has 0 aliphatic carbocycles. The zero-order chi connectivity index (χ0) is 14.7. The Kier molecular flexibility index (Phi) is 4.44. The molecule has 2 atom stereocenters. The van der Waals surface area contributed by atoms with E-state index in [9.17, 15) is 9.90 Å². The molecule has 2 saturated heterocycles. The number of benzene rings is 1. The Bertz CT molecular complexity index is 497.